The van der Waals surface area contributed by atoms with Crippen molar-refractivity contribution in [3.8, 4) is 0 Å². The van der Waals surface area contributed by atoms with Gasteiger partial charge in [0.1, 0.15) is 0 Å². The lowest BCUT2D eigenvalue weighted by atomic mass is 10.0. The maximum absolute atomic E-state index is 12.9. The summed E-state index contributed by atoms with van der Waals surface area (Å²) in [5, 5.41) is 0. The fourth-order valence-electron chi connectivity index (χ4n) is 2.72. The van der Waals surface area contributed by atoms with Crippen molar-refractivity contribution in [1.82, 2.24) is 4.31 Å². The smallest absolute Gasteiger partial charge is 0.207 e. The summed E-state index contributed by atoms with van der Waals surface area (Å²) in [7, 11) is -3.33. The van der Waals surface area contributed by atoms with Gasteiger partial charge >= 0.3 is 0 Å². The Hall–Kier alpha value is -0.870. The minimum atomic E-state index is -3.33. The third kappa shape index (κ3) is 3.07. The van der Waals surface area contributed by atoms with E-state index in [1.54, 1.807) is 4.31 Å². The van der Waals surface area contributed by atoms with Gasteiger partial charge in [-0.25, -0.2) is 8.42 Å². The second-order valence-corrected chi connectivity index (χ2v) is 7.64. The SMILES string of the molecule is CCc1ccc(CC)c(S(=O)(=O)N2CCC(C)CC2)c1. The molecule has 0 aromatic heterocycles. The molecular weight excluding hydrogens is 270 g/mol. The summed E-state index contributed by atoms with van der Waals surface area (Å²) >= 11 is 0. The largest absolute Gasteiger partial charge is 0.243 e. The quantitative estimate of drug-likeness (QED) is 0.855. The van der Waals surface area contributed by atoms with Crippen LogP contribution in [0.5, 0.6) is 0 Å². The molecule has 1 aliphatic rings. The van der Waals surface area contributed by atoms with E-state index in [9.17, 15) is 8.42 Å². The fourth-order valence-corrected chi connectivity index (χ4v) is 4.53. The van der Waals surface area contributed by atoms with Crippen molar-refractivity contribution < 1.29 is 8.42 Å². The molecule has 1 aromatic rings. The fraction of sp³-hybridized carbons (Fsp3) is 0.625. The van der Waals surface area contributed by atoms with Crippen LogP contribution in [0.25, 0.3) is 0 Å². The van der Waals surface area contributed by atoms with Gasteiger partial charge in [0, 0.05) is 13.1 Å². The molecule has 3 nitrogen and oxygen atoms in total. The molecule has 0 radical (unpaired) electrons. The average molecular weight is 295 g/mol. The van der Waals surface area contributed by atoms with Gasteiger partial charge in [0.2, 0.25) is 10.0 Å². The summed E-state index contributed by atoms with van der Waals surface area (Å²) in [6.45, 7) is 7.57. The first-order valence-corrected chi connectivity index (χ1v) is 9.05. The monoisotopic (exact) mass is 295 g/mol. The third-order valence-electron chi connectivity index (χ3n) is 4.28. The number of piperidine rings is 1. The van der Waals surface area contributed by atoms with Crippen molar-refractivity contribution in [2.24, 2.45) is 5.92 Å². The Morgan fingerprint density at radius 3 is 2.35 bits per heavy atom. The molecular formula is C16H25NO2S. The average Bonchev–Trinajstić information content (AvgIpc) is 2.47. The van der Waals surface area contributed by atoms with Crippen LogP contribution in [0.4, 0.5) is 0 Å². The Morgan fingerprint density at radius 1 is 1.15 bits per heavy atom. The summed E-state index contributed by atoms with van der Waals surface area (Å²) in [6, 6.07) is 5.88. The molecule has 1 fully saturated rings. The predicted octanol–water partition coefficient (Wildman–Crippen LogP) is 3.23. The first-order chi connectivity index (χ1) is 9.48. The van der Waals surface area contributed by atoms with Crippen LogP contribution in [0.3, 0.4) is 0 Å². The molecule has 1 aliphatic heterocycles. The molecule has 1 aromatic carbocycles. The van der Waals surface area contributed by atoms with E-state index in [0.717, 1.165) is 36.8 Å². The summed E-state index contributed by atoms with van der Waals surface area (Å²) in [4.78, 5) is 0.522. The molecule has 0 saturated carbocycles. The van der Waals surface area contributed by atoms with Gasteiger partial charge in [-0.1, -0.05) is 32.9 Å². The summed E-state index contributed by atoms with van der Waals surface area (Å²) < 4.78 is 27.4. The lowest BCUT2D eigenvalue weighted by Crippen LogP contribution is -2.38. The number of rotatable bonds is 4. The maximum atomic E-state index is 12.9. The molecule has 1 saturated heterocycles. The second kappa shape index (κ2) is 6.27. The van der Waals surface area contributed by atoms with E-state index in [-0.39, 0.29) is 0 Å². The minimum absolute atomic E-state index is 0.522. The topological polar surface area (TPSA) is 37.4 Å². The molecule has 1 heterocycles. The van der Waals surface area contributed by atoms with Crippen molar-refractivity contribution >= 4 is 10.0 Å². The van der Waals surface area contributed by atoms with Crippen LogP contribution in [0.1, 0.15) is 44.7 Å². The van der Waals surface area contributed by atoms with Crippen LogP contribution in [-0.4, -0.2) is 25.8 Å². The molecule has 0 bridgehead atoms. The lowest BCUT2D eigenvalue weighted by molar-refractivity contribution is 0.288. The van der Waals surface area contributed by atoms with Gasteiger partial charge in [-0.05, 0) is 48.8 Å². The standard InChI is InChI=1S/C16H25NO2S/c1-4-14-6-7-15(5-2)16(12-14)20(18,19)17-10-8-13(3)9-11-17/h6-7,12-13H,4-5,8-11H2,1-3H3. The zero-order valence-electron chi connectivity index (χ0n) is 12.7. The molecule has 4 heteroatoms. The van der Waals surface area contributed by atoms with E-state index >= 15 is 0 Å². The van der Waals surface area contributed by atoms with Gasteiger partial charge in [-0.2, -0.15) is 4.31 Å². The van der Waals surface area contributed by atoms with Gasteiger partial charge in [0.05, 0.1) is 4.90 Å². The van der Waals surface area contributed by atoms with E-state index in [2.05, 4.69) is 13.8 Å². The zero-order valence-corrected chi connectivity index (χ0v) is 13.5. The normalized spacial score (nSPS) is 18.4. The number of nitrogens with zero attached hydrogens (tertiary/aromatic N) is 1. The number of hydrogen-bond donors (Lipinski definition) is 0. The molecule has 0 spiro atoms. The second-order valence-electron chi connectivity index (χ2n) is 5.74. The molecule has 112 valence electrons. The third-order valence-corrected chi connectivity index (χ3v) is 6.26. The molecule has 0 unspecified atom stereocenters. The molecule has 0 N–H and O–H groups in total. The van der Waals surface area contributed by atoms with Crippen LogP contribution >= 0.6 is 0 Å². The first kappa shape index (κ1) is 15.5. The van der Waals surface area contributed by atoms with E-state index in [4.69, 9.17) is 0 Å². The summed E-state index contributed by atoms with van der Waals surface area (Å²) in [6.07, 6.45) is 3.55. The summed E-state index contributed by atoms with van der Waals surface area (Å²) in [5.74, 6) is 0.633. The highest BCUT2D eigenvalue weighted by molar-refractivity contribution is 7.89. The number of sulfonamides is 1. The molecule has 0 amide bonds. The Morgan fingerprint density at radius 2 is 1.80 bits per heavy atom. The molecule has 20 heavy (non-hydrogen) atoms. The van der Waals surface area contributed by atoms with Gasteiger partial charge in [-0.15, -0.1) is 0 Å². The van der Waals surface area contributed by atoms with Gasteiger partial charge < -0.3 is 0 Å². The predicted molar refractivity (Wildman–Crippen MR) is 82.4 cm³/mol. The highest BCUT2D eigenvalue weighted by atomic mass is 32.2. The summed E-state index contributed by atoms with van der Waals surface area (Å²) in [5.41, 5.74) is 2.02. The Balaban J connectivity index is 2.37. The van der Waals surface area contributed by atoms with Crippen molar-refractivity contribution in [2.45, 2.75) is 51.3 Å². The van der Waals surface area contributed by atoms with Crippen molar-refractivity contribution in [2.75, 3.05) is 13.1 Å². The Bertz CT molecular complexity index is 558. The van der Waals surface area contributed by atoms with Crippen LogP contribution in [0, 0.1) is 5.92 Å². The zero-order chi connectivity index (χ0) is 14.8. The van der Waals surface area contributed by atoms with Gasteiger partial charge in [0.15, 0.2) is 0 Å². The number of hydrogen-bond acceptors (Lipinski definition) is 2. The Kier molecular flexibility index (Phi) is 4.86. The molecule has 0 aliphatic carbocycles. The van der Waals surface area contributed by atoms with Crippen LogP contribution in [-0.2, 0) is 22.9 Å². The van der Waals surface area contributed by atoms with Crippen LogP contribution in [0.15, 0.2) is 23.1 Å². The first-order valence-electron chi connectivity index (χ1n) is 7.61. The van der Waals surface area contributed by atoms with Gasteiger partial charge in [-0.3, -0.25) is 0 Å². The highest BCUT2D eigenvalue weighted by Gasteiger charge is 2.29. The number of aryl methyl sites for hydroxylation is 2. The maximum Gasteiger partial charge on any atom is 0.243 e. The van der Waals surface area contributed by atoms with Crippen LogP contribution < -0.4 is 0 Å². The van der Waals surface area contributed by atoms with E-state index in [1.807, 2.05) is 25.1 Å². The van der Waals surface area contributed by atoms with E-state index in [1.165, 1.54) is 0 Å². The molecule has 2 rings (SSSR count). The number of benzene rings is 1. The minimum Gasteiger partial charge on any atom is -0.207 e. The Labute approximate surface area is 123 Å². The van der Waals surface area contributed by atoms with Crippen molar-refractivity contribution in [1.29, 1.82) is 0 Å². The molecule has 0 atom stereocenters. The lowest BCUT2D eigenvalue weighted by Gasteiger charge is -2.30. The van der Waals surface area contributed by atoms with E-state index < -0.39 is 10.0 Å². The van der Waals surface area contributed by atoms with Crippen molar-refractivity contribution in [3.05, 3.63) is 29.3 Å². The van der Waals surface area contributed by atoms with E-state index in [0.29, 0.717) is 23.9 Å². The van der Waals surface area contributed by atoms with Crippen molar-refractivity contribution in [3.63, 3.8) is 0 Å². The van der Waals surface area contributed by atoms with Gasteiger partial charge in [0.25, 0.3) is 0 Å². The highest BCUT2D eigenvalue weighted by Crippen LogP contribution is 2.26. The van der Waals surface area contributed by atoms with Crippen LogP contribution in [0.2, 0.25) is 0 Å².